The van der Waals surface area contributed by atoms with E-state index in [-0.39, 0.29) is 16.8 Å². The van der Waals surface area contributed by atoms with E-state index in [0.717, 1.165) is 59.7 Å². The van der Waals surface area contributed by atoms with Crippen LogP contribution in [0, 0.1) is 22.5 Å². The van der Waals surface area contributed by atoms with Gasteiger partial charge in [0.15, 0.2) is 0 Å². The Morgan fingerprint density at radius 3 is 0.806 bits per heavy atom. The van der Waals surface area contributed by atoms with Gasteiger partial charge in [0.25, 0.3) is 0 Å². The molecule has 0 amide bonds. The van der Waals surface area contributed by atoms with E-state index in [1.165, 1.54) is 80.4 Å². The first-order chi connectivity index (χ1) is 44.2. The first-order valence-electron chi connectivity index (χ1n) is 27.9. The maximum absolute atomic E-state index is 12.2. The summed E-state index contributed by atoms with van der Waals surface area (Å²) in [4.78, 5) is 103. The summed E-state index contributed by atoms with van der Waals surface area (Å²) in [6.07, 6.45) is 3.96. The number of carbonyl (C=O) groups is 10. The minimum Gasteiger partial charge on any atom is -0.497 e. The Morgan fingerprint density at radius 1 is 0.344 bits per heavy atom. The molecule has 0 unspecified atom stereocenters. The molecule has 0 bridgehead atoms. The highest BCUT2D eigenvalue weighted by molar-refractivity contribution is 5.93. The molecule has 0 aliphatic heterocycles. The van der Waals surface area contributed by atoms with Crippen LogP contribution in [-0.2, 0) is 19.1 Å². The highest BCUT2D eigenvalue weighted by Gasteiger charge is 2.19. The van der Waals surface area contributed by atoms with Gasteiger partial charge in [0.05, 0.1) is 49.0 Å². The van der Waals surface area contributed by atoms with Crippen molar-refractivity contribution < 1.29 is 86.3 Å². The van der Waals surface area contributed by atoms with E-state index in [0.29, 0.717) is 45.2 Å². The Bertz CT molecular complexity index is 3600. The molecule has 0 fully saturated rings. The minimum absolute atomic E-state index is 0.0985. The summed E-state index contributed by atoms with van der Waals surface area (Å²) in [6.45, 7) is 10.6. The number of para-hydroxylation sites is 1. The van der Waals surface area contributed by atoms with Gasteiger partial charge in [-0.2, -0.15) is 0 Å². The smallest absolute Gasteiger partial charge is 0.337 e. The summed E-state index contributed by atoms with van der Waals surface area (Å²) in [6, 6.07) is 66.6. The van der Waals surface area contributed by atoms with Gasteiger partial charge < -0.3 is 34.3 Å². The van der Waals surface area contributed by atoms with E-state index in [1.54, 1.807) is 64.3 Å². The van der Waals surface area contributed by atoms with E-state index < -0.39 is 41.1 Å². The van der Waals surface area contributed by atoms with Crippen LogP contribution in [0.1, 0.15) is 124 Å². The maximum atomic E-state index is 12.2. The second-order valence-corrected chi connectivity index (χ2v) is 20.9. The van der Waals surface area contributed by atoms with Gasteiger partial charge in [-0.3, -0.25) is 24.0 Å². The lowest BCUT2D eigenvalue weighted by atomic mass is 9.98. The van der Waals surface area contributed by atoms with Gasteiger partial charge in [0.2, 0.25) is 0 Å². The zero-order valence-corrected chi connectivity index (χ0v) is 52.8. The number of aliphatic carboxylic acids is 1. The highest BCUT2D eigenvalue weighted by atomic mass is 19.1. The number of carbonyl (C=O) groups excluding carboxylic acids is 7. The molecule has 16 nitrogen and oxygen atoms in total. The van der Waals surface area contributed by atoms with Crippen molar-refractivity contribution >= 4 is 61.3 Å². The molecule has 0 spiro atoms. The van der Waals surface area contributed by atoms with Crippen molar-refractivity contribution in [2.24, 2.45) is 10.8 Å². The number of benzene rings is 9. The summed E-state index contributed by atoms with van der Waals surface area (Å²) < 4.78 is 38.2. The number of carboxylic acids is 3. The fraction of sp³-hybridized carbons (Fsp3) is 0.147. The second kappa shape index (κ2) is 43.9. The normalized spacial score (nSPS) is 9.58. The molecule has 9 aromatic rings. The van der Waals surface area contributed by atoms with Gasteiger partial charge in [-0.25, -0.2) is 28.0 Å². The van der Waals surface area contributed by atoms with Crippen LogP contribution in [0.3, 0.4) is 0 Å². The van der Waals surface area contributed by atoms with Crippen molar-refractivity contribution in [3.05, 3.63) is 293 Å². The third-order valence-electron chi connectivity index (χ3n) is 11.4. The quantitative estimate of drug-likeness (QED) is 0.0803. The number of ether oxygens (including phenoxy) is 3. The second-order valence-electron chi connectivity index (χ2n) is 20.9. The van der Waals surface area contributed by atoms with Crippen molar-refractivity contribution in [3.8, 4) is 28.0 Å². The molecule has 93 heavy (non-hydrogen) atoms. The lowest BCUT2D eigenvalue weighted by molar-refractivity contribution is -0.145. The third kappa shape index (κ3) is 34.6. The Balaban J connectivity index is 0.000000531. The minimum atomic E-state index is -1.04. The van der Waals surface area contributed by atoms with Crippen LogP contribution in [-0.4, -0.2) is 97.9 Å². The summed E-state index contributed by atoms with van der Waals surface area (Å²) in [5.74, 6) is -3.39. The van der Waals surface area contributed by atoms with Crippen molar-refractivity contribution in [1.82, 2.24) is 0 Å². The predicted molar refractivity (Wildman–Crippen MR) is 353 cm³/mol. The number of methoxy groups -OCH3 is 3. The van der Waals surface area contributed by atoms with Crippen LogP contribution < -0.4 is 4.74 Å². The van der Waals surface area contributed by atoms with E-state index >= 15 is 0 Å². The molecule has 0 radical (unpaired) electrons. The van der Waals surface area contributed by atoms with Gasteiger partial charge in [-0.15, -0.1) is 0 Å². The predicted octanol–water partition coefficient (Wildman–Crippen LogP) is 16.0. The molecule has 18 heteroatoms. The maximum Gasteiger partial charge on any atom is 0.337 e. The van der Waals surface area contributed by atoms with E-state index in [2.05, 4.69) is 21.6 Å². The van der Waals surface area contributed by atoms with E-state index in [1.807, 2.05) is 136 Å². The number of halogens is 2. The molecule has 0 saturated carbocycles. The molecule has 9 aromatic carbocycles. The van der Waals surface area contributed by atoms with Gasteiger partial charge in [-0.1, -0.05) is 160 Å². The van der Waals surface area contributed by atoms with Crippen LogP contribution >= 0.6 is 0 Å². The molecule has 0 aliphatic carbocycles. The molecule has 9 rings (SSSR count). The largest absolute Gasteiger partial charge is 0.497 e. The summed E-state index contributed by atoms with van der Waals surface area (Å²) >= 11 is 0. The van der Waals surface area contributed by atoms with Crippen molar-refractivity contribution in [3.63, 3.8) is 0 Å². The number of rotatable bonds is 11. The molecule has 484 valence electrons. The zero-order valence-electron chi connectivity index (χ0n) is 52.8. The third-order valence-corrected chi connectivity index (χ3v) is 11.4. The molecular weight excluding hydrogens is 1190 g/mol. The summed E-state index contributed by atoms with van der Waals surface area (Å²) in [5, 5.41) is 25.3. The molecule has 0 heterocycles. The van der Waals surface area contributed by atoms with Gasteiger partial charge >= 0.3 is 29.8 Å². The lowest BCUT2D eigenvalue weighted by Gasteiger charge is -2.08. The zero-order chi connectivity index (χ0) is 69.8. The van der Waals surface area contributed by atoms with E-state index in [9.17, 15) is 56.7 Å². The Labute approximate surface area is 539 Å². The number of hydrogen-bond acceptors (Lipinski definition) is 13. The van der Waals surface area contributed by atoms with Crippen LogP contribution in [0.2, 0.25) is 0 Å². The van der Waals surface area contributed by atoms with Gasteiger partial charge in [0.1, 0.15) is 48.8 Å². The SMILES string of the molecule is CC(C)(C)C(=O)O.CC(C)(C)C=O.COC(=O)c1ccc(C(=O)OC)cc1.COc1ccccc1.O=C(O)c1ccc(-c2ccccc2)cc1.O=C(O)c1ccc(F)cc1.O=Cc1ccc(-c2ccccc2)cc1.O=Cc1ccc(C=O)cc1.O=Cc1ccc(F)cc1. The summed E-state index contributed by atoms with van der Waals surface area (Å²) in [7, 11) is 4.27. The molecule has 3 N–H and O–H groups in total. The van der Waals surface area contributed by atoms with Crippen LogP contribution in [0.5, 0.6) is 5.75 Å². The first-order valence-corrected chi connectivity index (χ1v) is 27.9. The van der Waals surface area contributed by atoms with Gasteiger partial charge in [-0.05, 0) is 140 Å². The van der Waals surface area contributed by atoms with Crippen LogP contribution in [0.4, 0.5) is 8.78 Å². The van der Waals surface area contributed by atoms with Crippen LogP contribution in [0.25, 0.3) is 22.3 Å². The Morgan fingerprint density at radius 2 is 0.570 bits per heavy atom. The number of aldehydes is 5. The van der Waals surface area contributed by atoms with Crippen molar-refractivity contribution in [2.75, 3.05) is 21.3 Å². The number of esters is 2. The van der Waals surface area contributed by atoms with E-state index in [4.69, 9.17) is 20.1 Å². The average molecular weight is 1270 g/mol. The summed E-state index contributed by atoms with van der Waals surface area (Å²) in [5.41, 5.74) is 7.31. The van der Waals surface area contributed by atoms with Crippen molar-refractivity contribution in [1.29, 1.82) is 0 Å². The Kier molecular flexibility index (Phi) is 37.5. The topological polar surface area (TPSA) is 259 Å². The fourth-order valence-corrected chi connectivity index (χ4v) is 6.14. The highest BCUT2D eigenvalue weighted by Crippen LogP contribution is 2.20. The first kappa shape index (κ1) is 79.4. The Hall–Kier alpha value is -11.7. The molecule has 0 saturated heterocycles. The lowest BCUT2D eigenvalue weighted by Crippen LogP contribution is -2.18. The number of hydrogen-bond donors (Lipinski definition) is 3. The number of carboxylic acid groups (broad SMARTS) is 3. The molecular formula is C75H74F2O16. The fourth-order valence-electron chi connectivity index (χ4n) is 6.14. The van der Waals surface area contributed by atoms with Crippen molar-refractivity contribution in [2.45, 2.75) is 41.5 Å². The standard InChI is InChI=1S/C13H10O2.C13H10O.C10H10O4.C8H6O2.C7H5FO2.C7H5FO.C7H8O.C5H10O2.C5H10O/c14-13(15)12-8-6-11(7-9-12)10-4-2-1-3-5-10;14-10-11-6-8-13(9-7-11)12-4-2-1-3-5-12;1-13-9(11)7-3-5-8(6-4-7)10(12)14-2;9-5-7-1-2-8(6-10)4-3-7;8-6-3-1-5(2-4-6)7(9)10;8-7-3-1-6(5-9)2-4-7;1-8-7-5-3-2-4-6-7;1-5(2,3)4(6)7;1-5(2,3)4-6/h1-9H,(H,14,15);1-10H;3-6H,1-2H3;1-6H;1-4H,(H,9,10);1-5H;2-6H,1H3;1-3H3,(H,6,7);4H,1-3H3. The molecule has 0 aliphatic rings. The molecule has 0 aromatic heterocycles. The van der Waals surface area contributed by atoms with Gasteiger partial charge in [0, 0.05) is 27.7 Å². The number of aromatic carboxylic acids is 2. The average Bonchev–Trinajstić information content (AvgIpc) is 2.81. The van der Waals surface area contributed by atoms with Crippen LogP contribution in [0.15, 0.2) is 237 Å². The molecule has 0 atom stereocenters. The monoisotopic (exact) mass is 1270 g/mol.